The molecule has 0 aromatic heterocycles. The first-order valence-electron chi connectivity index (χ1n) is 13.7. The Balaban J connectivity index is 0.00000504. The van der Waals surface area contributed by atoms with Crippen molar-refractivity contribution >= 4 is 95.6 Å². The number of rotatable bonds is 21. The minimum Gasteiger partial charge on any atom is -0.691 e. The maximum atomic E-state index is 12.5. The van der Waals surface area contributed by atoms with Gasteiger partial charge in [0.25, 0.3) is 0 Å². The molecule has 0 spiro atoms. The van der Waals surface area contributed by atoms with E-state index in [2.05, 4.69) is 48.6 Å². The predicted octanol–water partition coefficient (Wildman–Crippen LogP) is -5.64. The van der Waals surface area contributed by atoms with E-state index in [-0.39, 0.29) is 180 Å². The maximum Gasteiger partial charge on any atom is 1.00 e. The van der Waals surface area contributed by atoms with E-state index in [0.29, 0.717) is 12.0 Å². The third kappa shape index (κ3) is 15.9. The van der Waals surface area contributed by atoms with Crippen molar-refractivity contribution in [1.82, 2.24) is 0 Å². The monoisotopic (exact) mass is 889 g/mol. The van der Waals surface area contributed by atoms with Crippen LogP contribution in [0.3, 0.4) is 0 Å². The molecule has 0 saturated carbocycles. The van der Waals surface area contributed by atoms with Crippen molar-refractivity contribution in [2.45, 2.75) is 14.7 Å². The first-order chi connectivity index (χ1) is 25.0. The van der Waals surface area contributed by atoms with Gasteiger partial charge in [0.2, 0.25) is 0 Å². The molecule has 21 nitrogen and oxygen atoms in total. The van der Waals surface area contributed by atoms with E-state index in [1.54, 1.807) is 0 Å². The molecule has 4 aromatic carbocycles. The van der Waals surface area contributed by atoms with Crippen molar-refractivity contribution in [3.8, 4) is 5.75 Å². The minimum atomic E-state index is -3.78. The Hall–Kier alpha value is -0.550. The van der Waals surface area contributed by atoms with Crippen LogP contribution in [0.15, 0.2) is 102 Å². The van der Waals surface area contributed by atoms with E-state index in [0.717, 1.165) is 0 Å². The Morgan fingerprint density at radius 1 is 0.618 bits per heavy atom. The van der Waals surface area contributed by atoms with Crippen LogP contribution in [-0.2, 0) is 56.2 Å². The van der Waals surface area contributed by atoms with E-state index in [1.807, 2.05) is 0 Å². The number of phenols is 1. The number of sulfone groups is 2. The molecule has 55 heavy (non-hydrogen) atoms. The third-order valence-corrected chi connectivity index (χ3v) is 11.1. The van der Waals surface area contributed by atoms with Gasteiger partial charge in [-0.3, -0.25) is 23.5 Å². The molecule has 0 aliphatic heterocycles. The van der Waals surface area contributed by atoms with Crippen LogP contribution >= 0.6 is 36.7 Å². The van der Waals surface area contributed by atoms with Crippen LogP contribution in [0, 0.1) is 0 Å². The van der Waals surface area contributed by atoms with Crippen molar-refractivity contribution in [3.63, 3.8) is 0 Å². The van der Waals surface area contributed by atoms with Gasteiger partial charge >= 0.3 is 88.7 Å². The molecule has 0 amide bonds. The average molecular weight is 890 g/mol. The van der Waals surface area contributed by atoms with Crippen LogP contribution in [0.25, 0.3) is 10.8 Å². The van der Waals surface area contributed by atoms with Gasteiger partial charge in [-0.1, -0.05) is 0 Å². The van der Waals surface area contributed by atoms with Crippen molar-refractivity contribution in [2.75, 3.05) is 30.5 Å². The maximum absolute atomic E-state index is 12.5. The molecule has 4 aromatic rings. The van der Waals surface area contributed by atoms with Crippen LogP contribution < -0.4 is 110 Å². The van der Waals surface area contributed by atoms with Gasteiger partial charge in [-0.15, -0.1) is 18.9 Å². The quantitative estimate of drug-likeness (QED) is 0.0150. The molecule has 0 radical (unpaired) electrons. The van der Waals surface area contributed by atoms with Gasteiger partial charge in [0, 0.05) is 10.8 Å². The molecule has 4 rings (SSSR count). The van der Waals surface area contributed by atoms with Crippen LogP contribution in [-0.4, -0.2) is 46.7 Å². The first kappa shape index (κ1) is 52.5. The number of anilines is 1. The van der Waals surface area contributed by atoms with E-state index >= 15 is 0 Å². The van der Waals surface area contributed by atoms with E-state index < -0.39 is 36.9 Å². The van der Waals surface area contributed by atoms with Gasteiger partial charge in [0.1, 0.15) is 11.4 Å². The first-order valence-corrected chi connectivity index (χ1v) is 19.1. The fourth-order valence-corrected chi connectivity index (χ4v) is 7.35. The smallest absolute Gasteiger partial charge is 0.691 e. The number of hydrogen-bond acceptors (Lipinski definition) is 24. The van der Waals surface area contributed by atoms with Crippen molar-refractivity contribution in [3.05, 3.63) is 66.7 Å². The largest absolute Gasteiger partial charge is 1.00 e. The summed E-state index contributed by atoms with van der Waals surface area (Å²) in [6.07, 6.45) is 0. The van der Waals surface area contributed by atoms with Gasteiger partial charge in [-0.05, 0) is 66.7 Å². The summed E-state index contributed by atoms with van der Waals surface area (Å²) in [6, 6.07) is 14.9. The molecule has 3 N–H and O–H groups in total. The average Bonchev–Trinajstić information content (AvgIpc) is 3.13. The number of benzene rings is 4. The summed E-state index contributed by atoms with van der Waals surface area (Å²) in [7, 11) is -7.55. The van der Waals surface area contributed by atoms with Gasteiger partial charge in [0.15, 0.2) is 50.1 Å². The summed E-state index contributed by atoms with van der Waals surface area (Å²) >= 11 is 0.758. The summed E-state index contributed by atoms with van der Waals surface area (Å²) in [5.74, 6) is -1.29. The van der Waals surface area contributed by atoms with Gasteiger partial charge in [-0.25, -0.2) is 16.8 Å². The zero-order valence-corrected chi connectivity index (χ0v) is 38.7. The Morgan fingerprint density at radius 2 is 1.07 bits per heavy atom. The van der Waals surface area contributed by atoms with Crippen molar-refractivity contribution in [2.24, 2.45) is 20.5 Å². The molecule has 0 aliphatic carbocycles. The van der Waals surface area contributed by atoms with Crippen molar-refractivity contribution in [1.29, 1.82) is 0 Å². The Kier molecular flexibility index (Phi) is 25.3. The number of hydrogen-bond donors (Lipinski definition) is 2. The van der Waals surface area contributed by atoms with E-state index in [1.165, 1.54) is 66.7 Å². The Bertz CT molecular complexity index is 2090. The molecule has 0 aliphatic rings. The van der Waals surface area contributed by atoms with Gasteiger partial charge < -0.3 is 26.6 Å². The van der Waals surface area contributed by atoms with E-state index in [4.69, 9.17) is 14.1 Å². The second-order valence-corrected chi connectivity index (χ2v) is 15.4. The van der Waals surface area contributed by atoms with Crippen LogP contribution in [0.5, 0.6) is 5.75 Å². The zero-order chi connectivity index (χ0) is 37.6. The number of nitrogens with zero attached hydrogens (tertiary/aromatic N) is 4. The van der Waals surface area contributed by atoms with Crippen LogP contribution in [0.1, 0.15) is 0 Å². The second kappa shape index (κ2) is 26.5. The fourth-order valence-electron chi connectivity index (χ4n) is 4.05. The standard InChI is InChI=1S/C26H25N5O16S5.3Na/c27-22-10-9-20-21(24(22)30-28-16-1-5-18(6-2-16)51(36,37)13-11-40-49-46-43-34)15-23(48-45-42-33)25(26(20)32)31-29-17-3-7-19(8-4-17)52(38,39)14-12-41-50-47-44-35;;;/h1-10,15,32-35H,11-14,27H2;;;/q;3*+1/p-3. The predicted molar refractivity (Wildman–Crippen MR) is 175 cm³/mol. The number of aromatic hydroxyl groups is 1. The number of nitrogens with two attached hydrogens (primary N) is 1. The molecule has 0 fully saturated rings. The molecule has 0 bridgehead atoms. The number of azo groups is 2. The minimum absolute atomic E-state index is 0. The normalized spacial score (nSPS) is 11.8. The van der Waals surface area contributed by atoms with Crippen molar-refractivity contribution < 1.29 is 163 Å². The summed E-state index contributed by atoms with van der Waals surface area (Å²) in [4.78, 5) is -0.0751. The topological polar surface area (TPSA) is 307 Å². The summed E-state index contributed by atoms with van der Waals surface area (Å²) in [5, 5.41) is 67.9. The van der Waals surface area contributed by atoms with Crippen LogP contribution in [0.2, 0.25) is 0 Å². The third-order valence-electron chi connectivity index (χ3n) is 6.39. The number of phenolic OH excluding ortho intramolecular Hbond substituents is 1. The molecule has 0 heterocycles. The molecule has 0 unspecified atom stereocenters. The Morgan fingerprint density at radius 3 is 1.53 bits per heavy atom. The van der Waals surface area contributed by atoms with Gasteiger partial charge in [-0.2, -0.15) is 14.6 Å². The number of fused-ring (bicyclic) bond motifs is 1. The summed E-state index contributed by atoms with van der Waals surface area (Å²) < 4.78 is 71.9. The van der Waals surface area contributed by atoms with Gasteiger partial charge in [0.05, 0.1) is 68.5 Å². The molecular formula is C26H22N5Na3O16S5. The molecule has 280 valence electrons. The zero-order valence-electron chi connectivity index (χ0n) is 28.7. The molecular weight excluding hydrogens is 868 g/mol. The molecule has 29 heteroatoms. The van der Waals surface area contributed by atoms with Crippen LogP contribution in [0.4, 0.5) is 28.4 Å². The summed E-state index contributed by atoms with van der Waals surface area (Å²) in [6.45, 7) is -0.600. The SMILES string of the molecule is Nc1ccc2c(O)c(N=Nc3ccc(S(=O)(=O)CCOSOO[O-])cc3)c(SOO[O-])cc2c1N=Nc1ccc(S(=O)(=O)CCOSOO[O-])cc1.[Na+].[Na+].[Na+]. The molecule has 0 saturated heterocycles. The number of nitrogen functional groups attached to an aromatic ring is 1. The molecule has 0 atom stereocenters. The summed E-state index contributed by atoms with van der Waals surface area (Å²) in [5.41, 5.74) is 6.66. The second-order valence-electron chi connectivity index (χ2n) is 9.47. The fraction of sp³-hybridized carbons (Fsp3) is 0.154. The Labute approximate surface area is 391 Å². The van der Waals surface area contributed by atoms with E-state index in [9.17, 15) is 37.7 Å².